The summed E-state index contributed by atoms with van der Waals surface area (Å²) in [4.78, 5) is 31.2. The topological polar surface area (TPSA) is 100 Å². The fourth-order valence-corrected chi connectivity index (χ4v) is 7.68. The molecule has 5 heterocycles. The number of likely N-dealkylation sites (tertiary alicyclic amines) is 1. The minimum Gasteiger partial charge on any atom is -0.490 e. The number of ether oxygens (including phenoxy) is 2. The van der Waals surface area contributed by atoms with Gasteiger partial charge >= 0.3 is 0 Å². The molecular formula is C34H43FN8O3. The molecule has 0 unspecified atom stereocenters. The van der Waals surface area contributed by atoms with Crippen LogP contribution in [-0.2, 0) is 13.0 Å². The molecule has 12 heteroatoms. The Balaban J connectivity index is 0.981. The second-order valence-electron chi connectivity index (χ2n) is 13.8. The largest absolute Gasteiger partial charge is 0.490 e. The Hall–Kier alpha value is -3.90. The average molecular weight is 631 g/mol. The van der Waals surface area contributed by atoms with Gasteiger partial charge in [0.2, 0.25) is 0 Å². The molecule has 4 aliphatic rings. The minimum atomic E-state index is -0.509. The second kappa shape index (κ2) is 12.4. The number of anilines is 1. The normalized spacial score (nSPS) is 19.7. The van der Waals surface area contributed by atoms with E-state index in [1.165, 1.54) is 48.9 Å². The maximum atomic E-state index is 14.3. The van der Waals surface area contributed by atoms with E-state index in [0.29, 0.717) is 12.4 Å². The van der Waals surface area contributed by atoms with Crippen LogP contribution in [0.3, 0.4) is 0 Å². The Morgan fingerprint density at radius 2 is 1.96 bits per heavy atom. The molecule has 0 radical (unpaired) electrons. The van der Waals surface area contributed by atoms with Crippen LogP contribution in [0.1, 0.15) is 55.2 Å². The van der Waals surface area contributed by atoms with Crippen LogP contribution in [0.15, 0.2) is 36.8 Å². The summed E-state index contributed by atoms with van der Waals surface area (Å²) in [6.07, 6.45) is 6.35. The number of aromatic nitrogens is 4. The summed E-state index contributed by atoms with van der Waals surface area (Å²) in [5.74, 6) is 1.91. The van der Waals surface area contributed by atoms with Gasteiger partial charge in [-0.25, -0.2) is 9.37 Å². The van der Waals surface area contributed by atoms with E-state index >= 15 is 0 Å². The van der Waals surface area contributed by atoms with E-state index < -0.39 is 5.82 Å². The van der Waals surface area contributed by atoms with Crippen LogP contribution in [0.2, 0.25) is 0 Å². The van der Waals surface area contributed by atoms with Crippen LogP contribution < -0.4 is 14.4 Å². The van der Waals surface area contributed by atoms with Crippen LogP contribution in [0.5, 0.6) is 17.4 Å². The van der Waals surface area contributed by atoms with Gasteiger partial charge in [0.15, 0.2) is 5.82 Å². The number of benzene rings is 1. The van der Waals surface area contributed by atoms with Crippen molar-refractivity contribution in [1.82, 2.24) is 34.9 Å². The van der Waals surface area contributed by atoms with Crippen molar-refractivity contribution in [2.24, 2.45) is 11.3 Å². The quantitative estimate of drug-likeness (QED) is 0.327. The summed E-state index contributed by atoms with van der Waals surface area (Å²) >= 11 is 0. The molecular weight excluding hydrogens is 587 g/mol. The molecule has 244 valence electrons. The van der Waals surface area contributed by atoms with Gasteiger partial charge in [0.1, 0.15) is 29.7 Å². The second-order valence-corrected chi connectivity index (χ2v) is 13.8. The monoisotopic (exact) mass is 630 g/mol. The first-order chi connectivity index (χ1) is 22.2. The molecule has 3 aromatic rings. The van der Waals surface area contributed by atoms with Crippen LogP contribution in [-0.4, -0.2) is 106 Å². The van der Waals surface area contributed by atoms with Gasteiger partial charge in [-0.05, 0) is 70.8 Å². The highest BCUT2D eigenvalue weighted by molar-refractivity contribution is 5.97. The summed E-state index contributed by atoms with van der Waals surface area (Å²) in [6.45, 7) is 13.3. The molecule has 0 N–H and O–H groups in total. The van der Waals surface area contributed by atoms with Gasteiger partial charge in [0, 0.05) is 87.7 Å². The predicted octanol–water partition coefficient (Wildman–Crippen LogP) is 4.04. The van der Waals surface area contributed by atoms with Crippen molar-refractivity contribution in [3.63, 3.8) is 0 Å². The van der Waals surface area contributed by atoms with E-state index in [2.05, 4.69) is 41.9 Å². The van der Waals surface area contributed by atoms with E-state index in [4.69, 9.17) is 9.47 Å². The van der Waals surface area contributed by atoms with E-state index in [0.717, 1.165) is 63.7 Å². The highest BCUT2D eigenvalue weighted by Crippen LogP contribution is 2.52. The SMILES string of the molecule is CCN(C(=O)c1cc(F)ccc1Oc1nncnc1N1CC2(CC(Oc3ccnc4c3CN(CC3CN(C)C3)CC4)C2)C1)C(C)C. The van der Waals surface area contributed by atoms with Crippen LogP contribution in [0, 0.1) is 17.2 Å². The number of amides is 1. The number of hydrogen-bond acceptors (Lipinski definition) is 10. The number of nitrogens with zero attached hydrogens (tertiary/aromatic N) is 8. The van der Waals surface area contributed by atoms with Crippen molar-refractivity contribution in [2.75, 3.05) is 57.8 Å². The first kappa shape index (κ1) is 30.7. The van der Waals surface area contributed by atoms with Crippen molar-refractivity contribution < 1.29 is 18.7 Å². The first-order valence-corrected chi connectivity index (χ1v) is 16.5. The smallest absolute Gasteiger partial charge is 0.282 e. The molecule has 2 aromatic heterocycles. The van der Waals surface area contributed by atoms with Gasteiger partial charge < -0.3 is 24.2 Å². The molecule has 3 fully saturated rings. The Kier molecular flexibility index (Phi) is 8.26. The molecule has 0 bridgehead atoms. The van der Waals surface area contributed by atoms with Gasteiger partial charge in [-0.2, -0.15) is 0 Å². The van der Waals surface area contributed by atoms with Crippen LogP contribution in [0.4, 0.5) is 10.2 Å². The molecule has 3 aliphatic heterocycles. The van der Waals surface area contributed by atoms with Crippen LogP contribution >= 0.6 is 0 Å². The highest BCUT2D eigenvalue weighted by Gasteiger charge is 2.54. The third-order valence-corrected chi connectivity index (χ3v) is 9.95. The van der Waals surface area contributed by atoms with E-state index in [1.807, 2.05) is 33.0 Å². The summed E-state index contributed by atoms with van der Waals surface area (Å²) in [5.41, 5.74) is 2.71. The van der Waals surface area contributed by atoms with Gasteiger partial charge in [-0.3, -0.25) is 14.7 Å². The maximum absolute atomic E-state index is 14.3. The van der Waals surface area contributed by atoms with Gasteiger partial charge in [-0.1, -0.05) is 0 Å². The van der Waals surface area contributed by atoms with E-state index in [1.54, 1.807) is 4.90 Å². The molecule has 2 saturated heterocycles. The third kappa shape index (κ3) is 6.00. The molecule has 1 aromatic carbocycles. The number of pyridine rings is 1. The zero-order chi connectivity index (χ0) is 32.0. The van der Waals surface area contributed by atoms with Gasteiger partial charge in [0.25, 0.3) is 11.8 Å². The molecule has 1 spiro atoms. The Bertz CT molecular complexity index is 1580. The Labute approximate surface area is 269 Å². The summed E-state index contributed by atoms with van der Waals surface area (Å²) in [7, 11) is 2.18. The Morgan fingerprint density at radius 3 is 2.70 bits per heavy atom. The molecule has 1 amide bonds. The van der Waals surface area contributed by atoms with Gasteiger partial charge in [0.05, 0.1) is 5.56 Å². The first-order valence-electron chi connectivity index (χ1n) is 16.5. The molecule has 1 saturated carbocycles. The zero-order valence-electron chi connectivity index (χ0n) is 27.2. The van der Waals surface area contributed by atoms with E-state index in [9.17, 15) is 9.18 Å². The third-order valence-electron chi connectivity index (χ3n) is 9.95. The van der Waals surface area contributed by atoms with Crippen molar-refractivity contribution in [3.8, 4) is 17.4 Å². The highest BCUT2D eigenvalue weighted by atomic mass is 19.1. The molecule has 11 nitrogen and oxygen atoms in total. The van der Waals surface area contributed by atoms with Crippen molar-refractivity contribution >= 4 is 11.7 Å². The van der Waals surface area contributed by atoms with E-state index in [-0.39, 0.29) is 40.7 Å². The number of carbonyl (C=O) groups excluding carboxylic acids is 1. The number of rotatable bonds is 10. The lowest BCUT2D eigenvalue weighted by Crippen LogP contribution is -2.65. The zero-order valence-corrected chi connectivity index (χ0v) is 27.2. The number of hydrogen-bond donors (Lipinski definition) is 0. The van der Waals surface area contributed by atoms with Gasteiger partial charge in [-0.15, -0.1) is 10.2 Å². The average Bonchev–Trinajstić information content (AvgIpc) is 2.98. The molecule has 7 rings (SSSR count). The Morgan fingerprint density at radius 1 is 1.15 bits per heavy atom. The molecule has 46 heavy (non-hydrogen) atoms. The summed E-state index contributed by atoms with van der Waals surface area (Å²) in [5, 5.41) is 8.15. The standard InChI is InChI=1S/C34H43FN8O3/c1-5-43(22(2)3)33(44)26-12-24(35)6-7-29(26)46-32-31(37-21-38-39-32)42-19-34(20-42)13-25(14-34)45-30-8-10-36-28-9-11-41(18-27(28)30)17-23-15-40(4)16-23/h6-8,10,12,21-23,25H,5,9,11,13-20H2,1-4H3. The fraction of sp³-hybridized carbons (Fsp3) is 0.559. The minimum absolute atomic E-state index is 0.0481. The number of fused-ring (bicyclic) bond motifs is 1. The fourth-order valence-electron chi connectivity index (χ4n) is 7.68. The number of halogens is 1. The lowest BCUT2D eigenvalue weighted by Gasteiger charge is -2.58. The molecule has 1 aliphatic carbocycles. The lowest BCUT2D eigenvalue weighted by molar-refractivity contribution is -0.0354. The maximum Gasteiger partial charge on any atom is 0.282 e. The van der Waals surface area contributed by atoms with Crippen molar-refractivity contribution in [1.29, 1.82) is 0 Å². The van der Waals surface area contributed by atoms with Crippen LogP contribution in [0.25, 0.3) is 0 Å². The summed E-state index contributed by atoms with van der Waals surface area (Å²) in [6, 6.07) is 5.93. The summed E-state index contributed by atoms with van der Waals surface area (Å²) < 4.78 is 27.0. The lowest BCUT2D eigenvalue weighted by atomic mass is 9.61. The molecule has 0 atom stereocenters. The van der Waals surface area contributed by atoms with Crippen molar-refractivity contribution in [3.05, 3.63) is 59.4 Å². The van der Waals surface area contributed by atoms with Crippen molar-refractivity contribution in [2.45, 2.75) is 58.7 Å². The predicted molar refractivity (Wildman–Crippen MR) is 171 cm³/mol. The number of carbonyl (C=O) groups is 1.